The summed E-state index contributed by atoms with van der Waals surface area (Å²) >= 11 is 0. The lowest BCUT2D eigenvalue weighted by atomic mass is 10.0. The molecule has 142 valence electrons. The van der Waals surface area contributed by atoms with Crippen LogP contribution in [0.1, 0.15) is 65.1 Å². The lowest BCUT2D eigenvalue weighted by molar-refractivity contribution is 0.167. The van der Waals surface area contributed by atoms with Crippen LogP contribution in [0.5, 0.6) is 0 Å². The van der Waals surface area contributed by atoms with Gasteiger partial charge in [-0.1, -0.05) is 19.0 Å². The van der Waals surface area contributed by atoms with E-state index in [2.05, 4.69) is 65.3 Å². The Morgan fingerprint density at radius 2 is 2.00 bits per heavy atom. The normalized spacial score (nSPS) is 17.5. The Balaban J connectivity index is 1.81. The molecular formula is C18H34N6O. The van der Waals surface area contributed by atoms with Gasteiger partial charge in [0, 0.05) is 44.1 Å². The molecule has 0 bridgehead atoms. The quantitative estimate of drug-likeness (QED) is 0.580. The van der Waals surface area contributed by atoms with Crippen LogP contribution < -0.4 is 10.6 Å². The fraction of sp³-hybridized carbons (Fsp3) is 0.833. The largest absolute Gasteiger partial charge is 0.357 e. The Morgan fingerprint density at radius 1 is 1.28 bits per heavy atom. The first-order valence-corrected chi connectivity index (χ1v) is 9.61. The summed E-state index contributed by atoms with van der Waals surface area (Å²) in [7, 11) is 0. The average molecular weight is 351 g/mol. The Morgan fingerprint density at radius 3 is 2.56 bits per heavy atom. The first kappa shape index (κ1) is 19.7. The highest BCUT2D eigenvalue weighted by Gasteiger charge is 2.21. The number of aromatic nitrogens is 2. The zero-order valence-corrected chi connectivity index (χ0v) is 16.4. The molecule has 1 saturated heterocycles. The minimum atomic E-state index is 0.289. The molecule has 7 heteroatoms. The Hall–Kier alpha value is -1.63. The average Bonchev–Trinajstić information content (AvgIpc) is 3.05. The minimum Gasteiger partial charge on any atom is -0.357 e. The molecule has 1 aromatic rings. The van der Waals surface area contributed by atoms with E-state index in [0.717, 1.165) is 44.3 Å². The van der Waals surface area contributed by atoms with Crippen LogP contribution in [0.2, 0.25) is 0 Å². The molecule has 0 aromatic carbocycles. The molecule has 7 nitrogen and oxygen atoms in total. The van der Waals surface area contributed by atoms with Gasteiger partial charge in [0.15, 0.2) is 11.8 Å². The van der Waals surface area contributed by atoms with Gasteiger partial charge in [-0.3, -0.25) is 4.99 Å². The second-order valence-electron chi connectivity index (χ2n) is 7.26. The lowest BCUT2D eigenvalue weighted by Crippen LogP contribution is -2.49. The van der Waals surface area contributed by atoms with Crippen molar-refractivity contribution in [1.29, 1.82) is 0 Å². The standard InChI is InChI=1S/C18H34N6O/c1-6-19-18(21-15-8-11-24(12-9-15)14(4)5)20-10-7-16-22-17(13(2)3)23-25-16/h13-15H,6-12H2,1-5H3,(H2,19,20,21). The van der Waals surface area contributed by atoms with E-state index < -0.39 is 0 Å². The van der Waals surface area contributed by atoms with E-state index in [1.54, 1.807) is 0 Å². The van der Waals surface area contributed by atoms with Gasteiger partial charge in [-0.2, -0.15) is 4.98 Å². The van der Waals surface area contributed by atoms with Crippen LogP contribution in [0.3, 0.4) is 0 Å². The molecule has 0 saturated carbocycles. The lowest BCUT2D eigenvalue weighted by Gasteiger charge is -2.35. The van der Waals surface area contributed by atoms with Gasteiger partial charge in [0.1, 0.15) is 0 Å². The van der Waals surface area contributed by atoms with E-state index in [1.165, 1.54) is 0 Å². The summed E-state index contributed by atoms with van der Waals surface area (Å²) in [6.07, 6.45) is 2.98. The van der Waals surface area contributed by atoms with Crippen molar-refractivity contribution in [2.45, 2.75) is 71.9 Å². The fourth-order valence-corrected chi connectivity index (χ4v) is 2.94. The van der Waals surface area contributed by atoms with Crippen LogP contribution >= 0.6 is 0 Å². The Labute approximate surface area is 151 Å². The van der Waals surface area contributed by atoms with Crippen LogP contribution in [0, 0.1) is 0 Å². The Bertz CT molecular complexity index is 531. The topological polar surface area (TPSA) is 78.6 Å². The fourth-order valence-electron chi connectivity index (χ4n) is 2.94. The van der Waals surface area contributed by atoms with Crippen molar-refractivity contribution < 1.29 is 4.52 Å². The summed E-state index contributed by atoms with van der Waals surface area (Å²) in [5.74, 6) is 2.60. The molecule has 25 heavy (non-hydrogen) atoms. The second-order valence-corrected chi connectivity index (χ2v) is 7.26. The van der Waals surface area contributed by atoms with Gasteiger partial charge in [-0.05, 0) is 33.6 Å². The molecule has 1 aromatic heterocycles. The van der Waals surface area contributed by atoms with Crippen LogP contribution in [-0.4, -0.2) is 59.3 Å². The van der Waals surface area contributed by atoms with Crippen LogP contribution in [-0.2, 0) is 6.42 Å². The molecule has 1 aliphatic heterocycles. The number of likely N-dealkylation sites (tertiary alicyclic amines) is 1. The second kappa shape index (κ2) is 9.75. The van der Waals surface area contributed by atoms with E-state index in [9.17, 15) is 0 Å². The molecule has 1 aliphatic rings. The summed E-state index contributed by atoms with van der Waals surface area (Å²) in [6.45, 7) is 14.5. The smallest absolute Gasteiger partial charge is 0.228 e. The van der Waals surface area contributed by atoms with E-state index in [1.807, 2.05) is 0 Å². The van der Waals surface area contributed by atoms with Gasteiger partial charge >= 0.3 is 0 Å². The zero-order valence-electron chi connectivity index (χ0n) is 16.4. The SMILES string of the molecule is CCNC(=NCCc1nc(C(C)C)no1)NC1CCN(C(C)C)CC1. The van der Waals surface area contributed by atoms with Gasteiger partial charge < -0.3 is 20.1 Å². The van der Waals surface area contributed by atoms with Crippen molar-refractivity contribution in [3.05, 3.63) is 11.7 Å². The maximum absolute atomic E-state index is 5.28. The predicted octanol–water partition coefficient (Wildman–Crippen LogP) is 2.16. The van der Waals surface area contributed by atoms with Crippen molar-refractivity contribution >= 4 is 5.96 Å². The highest BCUT2D eigenvalue weighted by molar-refractivity contribution is 5.80. The third-order valence-electron chi connectivity index (χ3n) is 4.54. The number of rotatable bonds is 7. The summed E-state index contributed by atoms with van der Waals surface area (Å²) in [5.41, 5.74) is 0. The summed E-state index contributed by atoms with van der Waals surface area (Å²) in [4.78, 5) is 11.6. The monoisotopic (exact) mass is 350 g/mol. The maximum atomic E-state index is 5.28. The number of piperidine rings is 1. The van der Waals surface area contributed by atoms with Crippen LogP contribution in [0.4, 0.5) is 0 Å². The first-order chi connectivity index (χ1) is 12.0. The van der Waals surface area contributed by atoms with Gasteiger partial charge in [0.05, 0.1) is 6.54 Å². The number of guanidine groups is 1. The van der Waals surface area contributed by atoms with Gasteiger partial charge in [0.2, 0.25) is 5.89 Å². The Kier molecular flexibility index (Phi) is 7.68. The molecule has 1 fully saturated rings. The number of nitrogens with zero attached hydrogens (tertiary/aromatic N) is 4. The van der Waals surface area contributed by atoms with Crippen molar-refractivity contribution in [1.82, 2.24) is 25.7 Å². The van der Waals surface area contributed by atoms with Gasteiger partial charge in [0.25, 0.3) is 0 Å². The van der Waals surface area contributed by atoms with E-state index >= 15 is 0 Å². The highest BCUT2D eigenvalue weighted by Crippen LogP contribution is 2.13. The van der Waals surface area contributed by atoms with Crippen molar-refractivity contribution in [3.63, 3.8) is 0 Å². The first-order valence-electron chi connectivity index (χ1n) is 9.61. The van der Waals surface area contributed by atoms with Crippen LogP contribution in [0.15, 0.2) is 9.52 Å². The molecule has 0 aliphatic carbocycles. The van der Waals surface area contributed by atoms with E-state index in [4.69, 9.17) is 4.52 Å². The van der Waals surface area contributed by atoms with E-state index in [0.29, 0.717) is 30.9 Å². The van der Waals surface area contributed by atoms with Crippen molar-refractivity contribution in [3.8, 4) is 0 Å². The molecule has 2 rings (SSSR count). The van der Waals surface area contributed by atoms with Gasteiger partial charge in [-0.15, -0.1) is 0 Å². The third kappa shape index (κ3) is 6.30. The van der Waals surface area contributed by atoms with Gasteiger partial charge in [-0.25, -0.2) is 0 Å². The third-order valence-corrected chi connectivity index (χ3v) is 4.54. The minimum absolute atomic E-state index is 0.289. The number of aliphatic imine (C=N–C) groups is 1. The number of hydrogen-bond acceptors (Lipinski definition) is 5. The molecule has 0 atom stereocenters. The van der Waals surface area contributed by atoms with Crippen LogP contribution in [0.25, 0.3) is 0 Å². The maximum Gasteiger partial charge on any atom is 0.228 e. The van der Waals surface area contributed by atoms with Crippen molar-refractivity contribution in [2.75, 3.05) is 26.2 Å². The number of nitrogens with one attached hydrogen (secondary N) is 2. The molecule has 0 amide bonds. The highest BCUT2D eigenvalue weighted by atomic mass is 16.5. The molecule has 0 radical (unpaired) electrons. The predicted molar refractivity (Wildman–Crippen MR) is 101 cm³/mol. The summed E-state index contributed by atoms with van der Waals surface area (Å²) in [6, 6.07) is 1.12. The molecule has 0 unspecified atom stereocenters. The summed E-state index contributed by atoms with van der Waals surface area (Å²) in [5, 5.41) is 10.9. The summed E-state index contributed by atoms with van der Waals surface area (Å²) < 4.78 is 5.28. The molecule has 0 spiro atoms. The molecule has 2 heterocycles. The number of hydrogen-bond donors (Lipinski definition) is 2. The molecule has 2 N–H and O–H groups in total. The zero-order chi connectivity index (χ0) is 18.2. The van der Waals surface area contributed by atoms with Crippen molar-refractivity contribution in [2.24, 2.45) is 4.99 Å². The molecular weight excluding hydrogens is 316 g/mol. The van der Waals surface area contributed by atoms with E-state index in [-0.39, 0.29) is 5.92 Å².